The summed E-state index contributed by atoms with van der Waals surface area (Å²) in [5.74, 6) is -2.98. The van der Waals surface area contributed by atoms with E-state index in [4.69, 9.17) is 19.7 Å². The maximum absolute atomic E-state index is 11.4. The Morgan fingerprint density at radius 3 is 1.75 bits per heavy atom. The van der Waals surface area contributed by atoms with Crippen molar-refractivity contribution in [2.45, 2.75) is 58.4 Å². The largest absolute Gasteiger partial charge is 0.479 e. The van der Waals surface area contributed by atoms with Gasteiger partial charge in [0.25, 0.3) is 0 Å². The number of aliphatic carboxylic acids is 1. The molecule has 0 amide bonds. The van der Waals surface area contributed by atoms with Crippen LogP contribution in [0.2, 0.25) is 0 Å². The molecule has 3 N–H and O–H groups in total. The van der Waals surface area contributed by atoms with Crippen LogP contribution in [-0.4, -0.2) is 64.6 Å². The summed E-state index contributed by atoms with van der Waals surface area (Å²) >= 11 is 0. The van der Waals surface area contributed by atoms with Gasteiger partial charge in [0.1, 0.15) is 6.61 Å². The number of hydrogen-bond acceptors (Lipinski definition) is 7. The van der Waals surface area contributed by atoms with E-state index in [9.17, 15) is 14.7 Å². The van der Waals surface area contributed by atoms with Gasteiger partial charge in [0, 0.05) is 0 Å². The lowest BCUT2D eigenvalue weighted by Gasteiger charge is -2.23. The van der Waals surface area contributed by atoms with Gasteiger partial charge in [-0.05, 0) is 27.7 Å². The lowest BCUT2D eigenvalue weighted by Crippen LogP contribution is -2.42. The number of esters is 1. The predicted molar refractivity (Wildman–Crippen MR) is 66.8 cm³/mol. The van der Waals surface area contributed by atoms with E-state index in [2.05, 4.69) is 4.74 Å². The number of ether oxygens (including phenoxy) is 3. The zero-order valence-electron chi connectivity index (χ0n) is 12.0. The molecule has 0 aliphatic heterocycles. The average molecular weight is 294 g/mol. The molecule has 8 heteroatoms. The van der Waals surface area contributed by atoms with Gasteiger partial charge in [-0.1, -0.05) is 0 Å². The van der Waals surface area contributed by atoms with Crippen LogP contribution in [0, 0.1) is 0 Å². The van der Waals surface area contributed by atoms with Crippen LogP contribution in [0.1, 0.15) is 27.7 Å². The van der Waals surface area contributed by atoms with Crippen molar-refractivity contribution in [3.8, 4) is 0 Å². The molecule has 0 radical (unpaired) electrons. The highest BCUT2D eigenvalue weighted by Crippen LogP contribution is 2.06. The van der Waals surface area contributed by atoms with Crippen LogP contribution in [0.4, 0.5) is 0 Å². The SMILES string of the molecule is CC(C)OC(COC(=O)C(O)C(O)C(=O)O)OC(C)C. The van der Waals surface area contributed by atoms with Crippen molar-refractivity contribution in [1.29, 1.82) is 0 Å². The Morgan fingerprint density at radius 2 is 1.40 bits per heavy atom. The first-order chi connectivity index (χ1) is 9.15. The number of hydrogen-bond donors (Lipinski definition) is 3. The second-order valence-electron chi connectivity index (χ2n) is 4.66. The predicted octanol–water partition coefficient (Wildman–Crippen LogP) is -0.488. The summed E-state index contributed by atoms with van der Waals surface area (Å²) in [4.78, 5) is 21.8. The Hall–Kier alpha value is -1.22. The summed E-state index contributed by atoms with van der Waals surface area (Å²) in [6.07, 6.45) is -5.59. The molecule has 2 unspecified atom stereocenters. The molecule has 8 nitrogen and oxygen atoms in total. The lowest BCUT2D eigenvalue weighted by molar-refractivity contribution is -0.212. The van der Waals surface area contributed by atoms with Gasteiger partial charge in [-0.3, -0.25) is 0 Å². The van der Waals surface area contributed by atoms with E-state index in [-0.39, 0.29) is 18.8 Å². The van der Waals surface area contributed by atoms with E-state index < -0.39 is 30.4 Å². The van der Waals surface area contributed by atoms with Crippen LogP contribution < -0.4 is 0 Å². The molecular formula is C12H22O8. The second-order valence-corrected chi connectivity index (χ2v) is 4.66. The fourth-order valence-electron chi connectivity index (χ4n) is 1.22. The minimum Gasteiger partial charge on any atom is -0.479 e. The summed E-state index contributed by atoms with van der Waals surface area (Å²) in [6, 6.07) is 0. The maximum atomic E-state index is 11.4. The Bertz CT molecular complexity index is 305. The molecule has 0 spiro atoms. The fraction of sp³-hybridized carbons (Fsp3) is 0.833. The normalized spacial score (nSPS) is 14.7. The number of carboxylic acid groups (broad SMARTS) is 1. The Kier molecular flexibility index (Phi) is 8.31. The summed E-state index contributed by atoms with van der Waals surface area (Å²) in [5.41, 5.74) is 0. The highest BCUT2D eigenvalue weighted by atomic mass is 16.7. The van der Waals surface area contributed by atoms with Gasteiger partial charge in [-0.15, -0.1) is 0 Å². The van der Waals surface area contributed by atoms with Crippen molar-refractivity contribution in [1.82, 2.24) is 0 Å². The van der Waals surface area contributed by atoms with Gasteiger partial charge in [-0.25, -0.2) is 9.59 Å². The molecule has 0 aromatic carbocycles. The quantitative estimate of drug-likeness (QED) is 0.384. The van der Waals surface area contributed by atoms with Crippen molar-refractivity contribution in [2.75, 3.05) is 6.61 Å². The van der Waals surface area contributed by atoms with E-state index in [1.165, 1.54) is 0 Å². The standard InChI is InChI=1S/C12H22O8/c1-6(2)19-8(20-7(3)4)5-18-12(17)10(14)9(13)11(15)16/h6-10,13-14H,5H2,1-4H3,(H,15,16). The number of aliphatic hydroxyl groups excluding tert-OH is 2. The van der Waals surface area contributed by atoms with Gasteiger partial charge in [0.05, 0.1) is 12.2 Å². The van der Waals surface area contributed by atoms with E-state index in [0.29, 0.717) is 0 Å². The van der Waals surface area contributed by atoms with E-state index in [1.807, 2.05) is 0 Å². The Labute approximate surface area is 117 Å². The van der Waals surface area contributed by atoms with Crippen LogP contribution in [0.5, 0.6) is 0 Å². The molecular weight excluding hydrogens is 272 g/mol. The molecule has 0 saturated heterocycles. The highest BCUT2D eigenvalue weighted by molar-refractivity contribution is 5.84. The molecule has 0 bridgehead atoms. The number of carbonyl (C=O) groups excluding carboxylic acids is 1. The smallest absolute Gasteiger partial charge is 0.338 e. The van der Waals surface area contributed by atoms with E-state index >= 15 is 0 Å². The first-order valence-electron chi connectivity index (χ1n) is 6.21. The first-order valence-corrected chi connectivity index (χ1v) is 6.21. The zero-order chi connectivity index (χ0) is 15.9. The number of carbonyl (C=O) groups is 2. The van der Waals surface area contributed by atoms with Crippen LogP contribution in [0.3, 0.4) is 0 Å². The third-order valence-electron chi connectivity index (χ3n) is 2.00. The third kappa shape index (κ3) is 7.39. The van der Waals surface area contributed by atoms with Crippen molar-refractivity contribution in [3.05, 3.63) is 0 Å². The van der Waals surface area contributed by atoms with Crippen LogP contribution in [0.25, 0.3) is 0 Å². The molecule has 0 rings (SSSR count). The van der Waals surface area contributed by atoms with Crippen molar-refractivity contribution in [2.24, 2.45) is 0 Å². The van der Waals surface area contributed by atoms with Gasteiger partial charge in [-0.2, -0.15) is 0 Å². The molecule has 0 aromatic rings. The van der Waals surface area contributed by atoms with Gasteiger partial charge >= 0.3 is 11.9 Å². The second kappa shape index (κ2) is 8.85. The summed E-state index contributed by atoms with van der Waals surface area (Å²) in [6.45, 7) is 6.74. The summed E-state index contributed by atoms with van der Waals surface area (Å²) < 4.78 is 15.4. The minimum atomic E-state index is -2.24. The number of carboxylic acids is 1. The van der Waals surface area contributed by atoms with Gasteiger partial charge < -0.3 is 29.5 Å². The van der Waals surface area contributed by atoms with Crippen LogP contribution in [0.15, 0.2) is 0 Å². The Morgan fingerprint density at radius 1 is 0.950 bits per heavy atom. The number of aliphatic hydroxyl groups is 2. The molecule has 0 aromatic heterocycles. The average Bonchev–Trinajstić information content (AvgIpc) is 2.32. The molecule has 118 valence electrons. The zero-order valence-corrected chi connectivity index (χ0v) is 12.0. The summed E-state index contributed by atoms with van der Waals surface area (Å²) in [5, 5.41) is 26.7. The van der Waals surface area contributed by atoms with Crippen LogP contribution >= 0.6 is 0 Å². The van der Waals surface area contributed by atoms with Crippen molar-refractivity contribution in [3.63, 3.8) is 0 Å². The Balaban J connectivity index is 4.38. The summed E-state index contributed by atoms with van der Waals surface area (Å²) in [7, 11) is 0. The van der Waals surface area contributed by atoms with Gasteiger partial charge in [0.15, 0.2) is 18.5 Å². The first kappa shape index (κ1) is 18.8. The lowest BCUT2D eigenvalue weighted by atomic mass is 10.2. The molecule has 0 aliphatic rings. The minimum absolute atomic E-state index is 0.174. The fourth-order valence-corrected chi connectivity index (χ4v) is 1.22. The van der Waals surface area contributed by atoms with Crippen LogP contribution in [-0.2, 0) is 23.8 Å². The molecule has 20 heavy (non-hydrogen) atoms. The monoisotopic (exact) mass is 294 g/mol. The number of rotatable bonds is 9. The van der Waals surface area contributed by atoms with E-state index in [0.717, 1.165) is 0 Å². The molecule has 0 saturated carbocycles. The van der Waals surface area contributed by atoms with E-state index in [1.54, 1.807) is 27.7 Å². The molecule has 0 fully saturated rings. The molecule has 0 heterocycles. The maximum Gasteiger partial charge on any atom is 0.338 e. The third-order valence-corrected chi connectivity index (χ3v) is 2.00. The highest BCUT2D eigenvalue weighted by Gasteiger charge is 2.32. The van der Waals surface area contributed by atoms with Crippen molar-refractivity contribution < 1.29 is 39.1 Å². The topological polar surface area (TPSA) is 123 Å². The molecule has 0 aliphatic carbocycles. The molecule has 2 atom stereocenters. The van der Waals surface area contributed by atoms with Gasteiger partial charge in [0.2, 0.25) is 0 Å². The van der Waals surface area contributed by atoms with Crippen molar-refractivity contribution >= 4 is 11.9 Å².